The molecule has 1 rings (SSSR count). The smallest absolute Gasteiger partial charge is 0.327 e. The van der Waals surface area contributed by atoms with Gasteiger partial charge in [-0.25, -0.2) is 4.79 Å². The first-order chi connectivity index (χ1) is 9.36. The van der Waals surface area contributed by atoms with Crippen molar-refractivity contribution in [3.8, 4) is 0 Å². The van der Waals surface area contributed by atoms with Gasteiger partial charge in [0.1, 0.15) is 6.04 Å². The summed E-state index contributed by atoms with van der Waals surface area (Å²) in [5.41, 5.74) is 1.95. The molecule has 2 N–H and O–H groups in total. The summed E-state index contributed by atoms with van der Waals surface area (Å²) < 4.78 is 2.85. The number of amides is 1. The van der Waals surface area contributed by atoms with Crippen molar-refractivity contribution in [3.05, 3.63) is 15.9 Å². The maximum absolute atomic E-state index is 11.0. The van der Waals surface area contributed by atoms with E-state index >= 15 is 0 Å². The molecular weight excluding hydrogens is 346 g/mol. The van der Waals surface area contributed by atoms with Crippen LogP contribution in [0.15, 0.2) is 4.47 Å². The topological polar surface area (TPSA) is 84.2 Å². The summed E-state index contributed by atoms with van der Waals surface area (Å²) in [7, 11) is 0. The van der Waals surface area contributed by atoms with E-state index in [0.717, 1.165) is 22.4 Å². The second kappa shape index (κ2) is 7.68. The van der Waals surface area contributed by atoms with Gasteiger partial charge in [0.2, 0.25) is 5.91 Å². The Kier molecular flexibility index (Phi) is 6.54. The predicted molar refractivity (Wildman–Crippen MR) is 81.7 cm³/mol. The lowest BCUT2D eigenvalue weighted by Crippen LogP contribution is -2.41. The maximum Gasteiger partial charge on any atom is 0.327 e. The Hall–Kier alpha value is -1.02. The molecule has 0 aliphatic rings. The third-order valence-electron chi connectivity index (χ3n) is 2.65. The van der Waals surface area contributed by atoms with Gasteiger partial charge in [0.25, 0.3) is 0 Å². The Labute approximate surface area is 130 Å². The van der Waals surface area contributed by atoms with E-state index in [1.54, 1.807) is 0 Å². The van der Waals surface area contributed by atoms with Gasteiger partial charge in [-0.1, -0.05) is 0 Å². The number of carbonyl (C=O) groups is 2. The maximum atomic E-state index is 11.0. The van der Waals surface area contributed by atoms with Crippen LogP contribution < -0.4 is 5.32 Å². The molecule has 20 heavy (non-hydrogen) atoms. The number of nitrogens with one attached hydrogen (secondary N) is 1. The summed E-state index contributed by atoms with van der Waals surface area (Å²) in [4.78, 5) is 22.0. The zero-order chi connectivity index (χ0) is 15.3. The van der Waals surface area contributed by atoms with E-state index in [4.69, 9.17) is 5.11 Å². The molecule has 1 atom stereocenters. The van der Waals surface area contributed by atoms with E-state index in [1.165, 1.54) is 18.7 Å². The van der Waals surface area contributed by atoms with Crippen LogP contribution in [0.5, 0.6) is 0 Å². The third kappa shape index (κ3) is 4.52. The molecule has 6 nitrogen and oxygen atoms in total. The molecule has 0 saturated heterocycles. The van der Waals surface area contributed by atoms with Crippen molar-refractivity contribution in [1.29, 1.82) is 0 Å². The fourth-order valence-electron chi connectivity index (χ4n) is 1.70. The lowest BCUT2D eigenvalue weighted by molar-refractivity contribution is -0.140. The molecule has 0 aromatic carbocycles. The Bertz CT molecular complexity index is 504. The molecule has 0 fully saturated rings. The van der Waals surface area contributed by atoms with E-state index in [2.05, 4.69) is 26.3 Å². The van der Waals surface area contributed by atoms with E-state index in [0.29, 0.717) is 11.5 Å². The van der Waals surface area contributed by atoms with Crippen LogP contribution in [0.1, 0.15) is 25.2 Å². The van der Waals surface area contributed by atoms with Crippen LogP contribution in [0.2, 0.25) is 0 Å². The number of aryl methyl sites for hydroxylation is 2. The van der Waals surface area contributed by atoms with Gasteiger partial charge in [0.15, 0.2) is 0 Å². The molecular formula is C12H18BrN3O3S. The van der Waals surface area contributed by atoms with Gasteiger partial charge in [-0.2, -0.15) is 16.9 Å². The third-order valence-corrected chi connectivity index (χ3v) is 4.73. The summed E-state index contributed by atoms with van der Waals surface area (Å²) >= 11 is 4.95. The first-order valence-corrected chi connectivity index (χ1v) is 8.11. The molecule has 1 heterocycles. The molecule has 0 saturated carbocycles. The highest BCUT2D eigenvalue weighted by Gasteiger charge is 2.19. The number of carboxylic acid groups (broad SMARTS) is 1. The Balaban J connectivity index is 2.63. The minimum Gasteiger partial charge on any atom is -0.480 e. The van der Waals surface area contributed by atoms with Crippen LogP contribution in [0.4, 0.5) is 0 Å². The van der Waals surface area contributed by atoms with Crippen LogP contribution in [0, 0.1) is 6.92 Å². The van der Waals surface area contributed by atoms with Gasteiger partial charge < -0.3 is 10.4 Å². The fraction of sp³-hybridized carbons (Fsp3) is 0.583. The quantitative estimate of drug-likeness (QED) is 0.771. The average Bonchev–Trinajstić information content (AvgIpc) is 2.64. The highest BCUT2D eigenvalue weighted by atomic mass is 79.9. The Morgan fingerprint density at radius 1 is 1.55 bits per heavy atom. The predicted octanol–water partition coefficient (Wildman–Crippen LogP) is 1.80. The van der Waals surface area contributed by atoms with Gasteiger partial charge in [0, 0.05) is 25.0 Å². The van der Waals surface area contributed by atoms with Gasteiger partial charge in [-0.05, 0) is 29.8 Å². The van der Waals surface area contributed by atoms with Gasteiger partial charge >= 0.3 is 5.97 Å². The highest BCUT2D eigenvalue weighted by Crippen LogP contribution is 2.25. The number of nitrogens with zero attached hydrogens (tertiary/aromatic N) is 2. The number of aromatic nitrogens is 2. The van der Waals surface area contributed by atoms with Crippen LogP contribution in [0.25, 0.3) is 0 Å². The van der Waals surface area contributed by atoms with Gasteiger partial charge in [-0.3, -0.25) is 9.48 Å². The second-order valence-corrected chi connectivity index (χ2v) is 6.09. The normalized spacial score (nSPS) is 12.2. The molecule has 0 spiro atoms. The number of rotatable bonds is 7. The fourth-order valence-corrected chi connectivity index (χ4v) is 3.38. The second-order valence-electron chi connectivity index (χ2n) is 4.27. The van der Waals surface area contributed by atoms with Crippen molar-refractivity contribution in [2.75, 3.05) is 5.75 Å². The van der Waals surface area contributed by atoms with Crippen molar-refractivity contribution in [2.45, 2.75) is 39.1 Å². The van der Waals surface area contributed by atoms with Crippen molar-refractivity contribution >= 4 is 39.6 Å². The highest BCUT2D eigenvalue weighted by molar-refractivity contribution is 9.10. The number of hydrogen-bond donors (Lipinski definition) is 2. The van der Waals surface area contributed by atoms with Crippen molar-refractivity contribution in [3.63, 3.8) is 0 Å². The van der Waals surface area contributed by atoms with E-state index in [1.807, 2.05) is 18.5 Å². The minimum absolute atomic E-state index is 0.315. The summed E-state index contributed by atoms with van der Waals surface area (Å²) in [5, 5.41) is 15.8. The summed E-state index contributed by atoms with van der Waals surface area (Å²) in [6.07, 6.45) is 0. The number of carbonyl (C=O) groups excluding carboxylic acids is 1. The van der Waals surface area contributed by atoms with E-state index in [9.17, 15) is 9.59 Å². The Morgan fingerprint density at radius 3 is 2.70 bits per heavy atom. The molecule has 1 amide bonds. The molecule has 112 valence electrons. The number of halogens is 1. The molecule has 1 aromatic rings. The number of aliphatic carboxylic acids is 1. The minimum atomic E-state index is -1.02. The lowest BCUT2D eigenvalue weighted by Gasteiger charge is -2.13. The standard InChI is InChI=1S/C12H18BrN3O3S/c1-4-16-10(11(13)7(2)15-16)6-20-5-9(12(18)19)14-8(3)17/h9H,4-6H2,1-3H3,(H,14,17)(H,18,19). The van der Waals surface area contributed by atoms with Crippen LogP contribution in [0.3, 0.4) is 0 Å². The van der Waals surface area contributed by atoms with Crippen molar-refractivity contribution < 1.29 is 14.7 Å². The largest absolute Gasteiger partial charge is 0.480 e. The monoisotopic (exact) mass is 363 g/mol. The van der Waals surface area contributed by atoms with Gasteiger partial charge in [-0.15, -0.1) is 0 Å². The van der Waals surface area contributed by atoms with Crippen LogP contribution >= 0.6 is 27.7 Å². The summed E-state index contributed by atoms with van der Waals surface area (Å²) in [6.45, 7) is 6.00. The number of thioether (sulfide) groups is 1. The van der Waals surface area contributed by atoms with E-state index in [-0.39, 0.29) is 5.91 Å². The first kappa shape index (κ1) is 17.0. The first-order valence-electron chi connectivity index (χ1n) is 6.16. The number of hydrogen-bond acceptors (Lipinski definition) is 4. The van der Waals surface area contributed by atoms with Gasteiger partial charge in [0.05, 0.1) is 15.9 Å². The molecule has 0 radical (unpaired) electrons. The summed E-state index contributed by atoms with van der Waals surface area (Å²) in [5.74, 6) is -0.408. The Morgan fingerprint density at radius 2 is 2.20 bits per heavy atom. The van der Waals surface area contributed by atoms with Crippen LogP contribution in [-0.2, 0) is 21.9 Å². The molecule has 1 unspecified atom stereocenters. The molecule has 0 bridgehead atoms. The average molecular weight is 364 g/mol. The molecule has 8 heteroatoms. The molecule has 1 aromatic heterocycles. The van der Waals surface area contributed by atoms with Crippen LogP contribution in [-0.4, -0.2) is 38.6 Å². The van der Waals surface area contributed by atoms with Crippen molar-refractivity contribution in [2.24, 2.45) is 0 Å². The molecule has 0 aliphatic heterocycles. The zero-order valence-electron chi connectivity index (χ0n) is 11.6. The summed E-state index contributed by atoms with van der Waals surface area (Å²) in [6, 6.07) is -0.865. The van der Waals surface area contributed by atoms with Crippen molar-refractivity contribution in [1.82, 2.24) is 15.1 Å². The zero-order valence-corrected chi connectivity index (χ0v) is 14.0. The lowest BCUT2D eigenvalue weighted by atomic mass is 10.3. The molecule has 0 aliphatic carbocycles. The SMILES string of the molecule is CCn1nc(C)c(Br)c1CSCC(NC(C)=O)C(=O)O. The number of carboxylic acids is 1. The van der Waals surface area contributed by atoms with E-state index < -0.39 is 12.0 Å².